The van der Waals surface area contributed by atoms with Crippen molar-refractivity contribution in [2.24, 2.45) is 0 Å². The minimum Gasteiger partial charge on any atom is -0.337 e. The van der Waals surface area contributed by atoms with Gasteiger partial charge in [0.25, 0.3) is 10.0 Å². The molecule has 6 nitrogen and oxygen atoms in total. The third kappa shape index (κ3) is 4.27. The van der Waals surface area contributed by atoms with Gasteiger partial charge in [0.2, 0.25) is 0 Å². The summed E-state index contributed by atoms with van der Waals surface area (Å²) in [6.45, 7) is 1.53. The molecule has 0 fully saturated rings. The molecule has 4 aromatic rings. The van der Waals surface area contributed by atoms with Crippen molar-refractivity contribution >= 4 is 54.3 Å². The quantitative estimate of drug-likeness (QED) is 0.395. The van der Waals surface area contributed by atoms with E-state index in [0.717, 1.165) is 10.5 Å². The highest BCUT2D eigenvalue weighted by molar-refractivity contribution is 9.10. The Balaban J connectivity index is 1.79. The van der Waals surface area contributed by atoms with Crippen molar-refractivity contribution in [3.63, 3.8) is 0 Å². The number of fused-ring (bicyclic) bond motifs is 1. The van der Waals surface area contributed by atoms with E-state index in [1.165, 1.54) is 19.1 Å². The van der Waals surface area contributed by atoms with Crippen molar-refractivity contribution in [1.29, 1.82) is 0 Å². The lowest BCUT2D eigenvalue weighted by molar-refractivity contribution is 0.598. The SMILES string of the molecule is Cc1cc(F)ccc1S(=O)(=O)Nc1nc2ccccc2nc1Nc1ccc(Br)cc1. The average Bonchev–Trinajstić information content (AvgIpc) is 2.69. The normalized spacial score (nSPS) is 11.4. The number of sulfonamides is 1. The number of nitrogens with zero attached hydrogens (tertiary/aromatic N) is 2. The number of halogens is 2. The van der Waals surface area contributed by atoms with Crippen molar-refractivity contribution in [2.45, 2.75) is 11.8 Å². The standard InChI is InChI=1S/C21H16BrFN4O2S/c1-13-12-15(23)8-11-19(13)30(28,29)27-21-20(24-16-9-6-14(22)7-10-16)25-17-4-2-3-5-18(17)26-21/h2-12H,1H3,(H,24,25)(H,26,27). The first-order valence-corrected chi connectivity index (χ1v) is 11.2. The lowest BCUT2D eigenvalue weighted by Crippen LogP contribution is -2.17. The fourth-order valence-corrected chi connectivity index (χ4v) is 4.43. The lowest BCUT2D eigenvalue weighted by Gasteiger charge is -2.15. The van der Waals surface area contributed by atoms with Gasteiger partial charge in [0.15, 0.2) is 11.6 Å². The Bertz CT molecular complexity index is 1350. The molecule has 0 saturated heterocycles. The van der Waals surface area contributed by atoms with E-state index < -0.39 is 15.8 Å². The number of anilines is 3. The third-order valence-electron chi connectivity index (χ3n) is 4.34. The van der Waals surface area contributed by atoms with Crippen LogP contribution in [-0.4, -0.2) is 18.4 Å². The molecule has 152 valence electrons. The Hall–Kier alpha value is -3.04. The maximum absolute atomic E-state index is 13.4. The van der Waals surface area contributed by atoms with Gasteiger partial charge >= 0.3 is 0 Å². The van der Waals surface area contributed by atoms with Gasteiger partial charge in [-0.2, -0.15) is 0 Å². The van der Waals surface area contributed by atoms with E-state index >= 15 is 0 Å². The van der Waals surface area contributed by atoms with Crippen LogP contribution in [0, 0.1) is 12.7 Å². The Morgan fingerprint density at radius 3 is 2.17 bits per heavy atom. The van der Waals surface area contributed by atoms with Crippen LogP contribution in [0.5, 0.6) is 0 Å². The summed E-state index contributed by atoms with van der Waals surface area (Å²) in [4.78, 5) is 8.95. The molecule has 0 atom stereocenters. The summed E-state index contributed by atoms with van der Waals surface area (Å²) in [5.74, 6) is -0.214. The van der Waals surface area contributed by atoms with Crippen LogP contribution in [-0.2, 0) is 10.0 Å². The zero-order chi connectivity index (χ0) is 21.3. The largest absolute Gasteiger partial charge is 0.337 e. The molecular formula is C21H16BrFN4O2S. The van der Waals surface area contributed by atoms with Gasteiger partial charge in [0, 0.05) is 10.2 Å². The summed E-state index contributed by atoms with van der Waals surface area (Å²) in [5, 5.41) is 3.11. The molecule has 1 heterocycles. The van der Waals surface area contributed by atoms with Gasteiger partial charge in [0.1, 0.15) is 5.82 Å². The summed E-state index contributed by atoms with van der Waals surface area (Å²) < 4.78 is 42.8. The predicted octanol–water partition coefficient (Wildman–Crippen LogP) is 5.38. The highest BCUT2D eigenvalue weighted by Crippen LogP contribution is 2.28. The van der Waals surface area contributed by atoms with E-state index in [1.54, 1.807) is 18.2 Å². The summed E-state index contributed by atoms with van der Waals surface area (Å²) in [6, 6.07) is 18.0. The maximum Gasteiger partial charge on any atom is 0.263 e. The third-order valence-corrected chi connectivity index (χ3v) is 6.36. The Morgan fingerprint density at radius 1 is 0.900 bits per heavy atom. The molecule has 0 unspecified atom stereocenters. The molecule has 0 bridgehead atoms. The van der Waals surface area contributed by atoms with Crippen LogP contribution in [0.1, 0.15) is 5.56 Å². The number of nitrogens with one attached hydrogen (secondary N) is 2. The zero-order valence-corrected chi connectivity index (χ0v) is 18.1. The Kier molecular flexibility index (Phi) is 5.40. The first-order chi connectivity index (χ1) is 14.3. The van der Waals surface area contributed by atoms with Crippen molar-refractivity contribution in [2.75, 3.05) is 10.0 Å². The van der Waals surface area contributed by atoms with Gasteiger partial charge in [-0.15, -0.1) is 0 Å². The second-order valence-corrected chi connectivity index (χ2v) is 9.12. The molecule has 3 aromatic carbocycles. The molecular weight excluding hydrogens is 471 g/mol. The highest BCUT2D eigenvalue weighted by Gasteiger charge is 2.21. The van der Waals surface area contributed by atoms with Crippen LogP contribution >= 0.6 is 15.9 Å². The average molecular weight is 487 g/mol. The summed E-state index contributed by atoms with van der Waals surface area (Å²) >= 11 is 3.38. The van der Waals surface area contributed by atoms with Crippen molar-refractivity contribution in [3.8, 4) is 0 Å². The smallest absolute Gasteiger partial charge is 0.263 e. The van der Waals surface area contributed by atoms with Gasteiger partial charge < -0.3 is 5.32 Å². The number of aromatic nitrogens is 2. The van der Waals surface area contributed by atoms with Crippen molar-refractivity contribution in [1.82, 2.24) is 9.97 Å². The number of hydrogen-bond acceptors (Lipinski definition) is 5. The monoisotopic (exact) mass is 486 g/mol. The molecule has 0 aliphatic carbocycles. The second kappa shape index (κ2) is 8.00. The fourth-order valence-electron chi connectivity index (χ4n) is 2.92. The van der Waals surface area contributed by atoms with Crippen molar-refractivity contribution < 1.29 is 12.8 Å². The molecule has 0 aliphatic rings. The van der Waals surface area contributed by atoms with Gasteiger partial charge in [-0.3, -0.25) is 4.72 Å². The summed E-state index contributed by atoms with van der Waals surface area (Å²) in [6.07, 6.45) is 0. The molecule has 1 aromatic heterocycles. The number of aryl methyl sites for hydroxylation is 1. The van der Waals surface area contributed by atoms with E-state index in [9.17, 15) is 12.8 Å². The van der Waals surface area contributed by atoms with Crippen LogP contribution in [0.2, 0.25) is 0 Å². The summed E-state index contributed by atoms with van der Waals surface area (Å²) in [5.41, 5.74) is 2.14. The molecule has 0 saturated carbocycles. The van der Waals surface area contributed by atoms with Gasteiger partial charge in [-0.25, -0.2) is 22.8 Å². The minimum atomic E-state index is -4.02. The summed E-state index contributed by atoms with van der Waals surface area (Å²) in [7, 11) is -4.02. The topological polar surface area (TPSA) is 84.0 Å². The zero-order valence-electron chi connectivity index (χ0n) is 15.7. The number of benzene rings is 3. The van der Waals surface area contributed by atoms with Crippen LogP contribution in [0.25, 0.3) is 11.0 Å². The number of para-hydroxylation sites is 2. The number of rotatable bonds is 5. The van der Waals surface area contributed by atoms with E-state index in [2.05, 4.69) is 35.9 Å². The highest BCUT2D eigenvalue weighted by atomic mass is 79.9. The second-order valence-electron chi connectivity index (χ2n) is 6.56. The van der Waals surface area contributed by atoms with E-state index in [1.807, 2.05) is 30.3 Å². The fraction of sp³-hybridized carbons (Fsp3) is 0.0476. The molecule has 0 amide bonds. The molecule has 0 aliphatic heterocycles. The van der Waals surface area contributed by atoms with E-state index in [0.29, 0.717) is 22.3 Å². The maximum atomic E-state index is 13.4. The van der Waals surface area contributed by atoms with Gasteiger partial charge in [-0.1, -0.05) is 28.1 Å². The first-order valence-electron chi connectivity index (χ1n) is 8.90. The molecule has 9 heteroatoms. The van der Waals surface area contributed by atoms with E-state index in [4.69, 9.17) is 0 Å². The van der Waals surface area contributed by atoms with Gasteiger partial charge in [0.05, 0.1) is 15.9 Å². The van der Waals surface area contributed by atoms with E-state index in [-0.39, 0.29) is 16.5 Å². The van der Waals surface area contributed by atoms with Gasteiger partial charge in [-0.05, 0) is 67.1 Å². The van der Waals surface area contributed by atoms with Crippen LogP contribution in [0.15, 0.2) is 76.1 Å². The molecule has 2 N–H and O–H groups in total. The molecule has 30 heavy (non-hydrogen) atoms. The van der Waals surface area contributed by atoms with Crippen molar-refractivity contribution in [3.05, 3.63) is 82.6 Å². The number of hydrogen-bond donors (Lipinski definition) is 2. The predicted molar refractivity (Wildman–Crippen MR) is 119 cm³/mol. The lowest BCUT2D eigenvalue weighted by atomic mass is 10.2. The van der Waals surface area contributed by atoms with Crippen LogP contribution in [0.4, 0.5) is 21.7 Å². The molecule has 0 spiro atoms. The molecule has 4 rings (SSSR count). The Labute approximate surface area is 181 Å². The minimum absolute atomic E-state index is 0.0338. The van der Waals surface area contributed by atoms with Crippen LogP contribution < -0.4 is 10.0 Å². The molecule has 0 radical (unpaired) electrons. The first kappa shape index (κ1) is 20.2. The van der Waals surface area contributed by atoms with Crippen LogP contribution in [0.3, 0.4) is 0 Å². The Morgan fingerprint density at radius 2 is 1.53 bits per heavy atom.